The Labute approximate surface area is 175 Å². The number of aromatic nitrogens is 7. The van der Waals surface area contributed by atoms with E-state index < -0.39 is 11.6 Å². The molecule has 9 nitrogen and oxygen atoms in total. The lowest BCUT2D eigenvalue weighted by Gasteiger charge is -2.22. The molecule has 1 aliphatic heterocycles. The normalized spacial score (nSPS) is 14.8. The molecule has 5 rings (SSSR count). The molecule has 4 heterocycles. The van der Waals surface area contributed by atoms with E-state index >= 15 is 0 Å². The SMILES string of the molecule is Nc1ncc(-c2cnn(C3CCNCC3)c2)cc1-c1nnnn1-c1cccc(F)c1F. The Morgan fingerprint density at radius 3 is 2.77 bits per heavy atom. The quantitative estimate of drug-likeness (QED) is 0.518. The summed E-state index contributed by atoms with van der Waals surface area (Å²) in [7, 11) is 0. The minimum atomic E-state index is -1.05. The number of halogens is 2. The Bertz CT molecular complexity index is 1230. The average molecular weight is 423 g/mol. The van der Waals surface area contributed by atoms with E-state index in [0.29, 0.717) is 11.6 Å². The molecule has 158 valence electrons. The third kappa shape index (κ3) is 3.52. The van der Waals surface area contributed by atoms with Crippen molar-refractivity contribution in [3.8, 4) is 28.2 Å². The van der Waals surface area contributed by atoms with Crippen molar-refractivity contribution in [1.29, 1.82) is 0 Å². The Morgan fingerprint density at radius 1 is 1.10 bits per heavy atom. The number of anilines is 1. The Kier molecular flexibility index (Phi) is 4.86. The molecule has 31 heavy (non-hydrogen) atoms. The summed E-state index contributed by atoms with van der Waals surface area (Å²) in [4.78, 5) is 4.26. The standard InChI is InChI=1S/C20H19F2N9/c21-16-2-1-3-17(18(16)22)31-20(27-28-29-31)15-8-12(9-25-19(15)23)13-10-26-30(11-13)14-4-6-24-7-5-14/h1-3,8-11,14,24H,4-7H2,(H2,23,25). The highest BCUT2D eigenvalue weighted by atomic mass is 19.2. The van der Waals surface area contributed by atoms with Crippen molar-refractivity contribution in [2.45, 2.75) is 18.9 Å². The second-order valence-electron chi connectivity index (χ2n) is 7.33. The number of pyridine rings is 1. The summed E-state index contributed by atoms with van der Waals surface area (Å²) in [5, 5.41) is 19.3. The number of benzene rings is 1. The van der Waals surface area contributed by atoms with Crippen LogP contribution < -0.4 is 11.1 Å². The maximum absolute atomic E-state index is 14.3. The fourth-order valence-electron chi connectivity index (χ4n) is 3.74. The van der Waals surface area contributed by atoms with Crippen molar-refractivity contribution in [1.82, 2.24) is 40.3 Å². The smallest absolute Gasteiger partial charge is 0.190 e. The van der Waals surface area contributed by atoms with Crippen LogP contribution >= 0.6 is 0 Å². The number of piperidine rings is 1. The lowest BCUT2D eigenvalue weighted by molar-refractivity contribution is 0.343. The van der Waals surface area contributed by atoms with E-state index in [0.717, 1.165) is 47.8 Å². The zero-order chi connectivity index (χ0) is 21.4. The number of nitrogens with two attached hydrogens (primary N) is 1. The molecule has 1 fully saturated rings. The van der Waals surface area contributed by atoms with Gasteiger partial charge in [0, 0.05) is 23.5 Å². The molecule has 0 aliphatic carbocycles. The zero-order valence-electron chi connectivity index (χ0n) is 16.4. The van der Waals surface area contributed by atoms with Crippen LogP contribution in [0.1, 0.15) is 18.9 Å². The number of nitrogen functional groups attached to an aromatic ring is 1. The minimum Gasteiger partial charge on any atom is -0.383 e. The summed E-state index contributed by atoms with van der Waals surface area (Å²) in [6.45, 7) is 1.93. The van der Waals surface area contributed by atoms with Crippen LogP contribution in [-0.2, 0) is 0 Å². The third-order valence-corrected chi connectivity index (χ3v) is 5.41. The van der Waals surface area contributed by atoms with E-state index in [1.54, 1.807) is 18.5 Å². The van der Waals surface area contributed by atoms with Gasteiger partial charge in [-0.3, -0.25) is 4.68 Å². The molecule has 0 atom stereocenters. The molecule has 4 aromatic rings. The second-order valence-corrected chi connectivity index (χ2v) is 7.33. The van der Waals surface area contributed by atoms with Gasteiger partial charge in [-0.1, -0.05) is 6.07 Å². The summed E-state index contributed by atoms with van der Waals surface area (Å²) >= 11 is 0. The number of tetrazole rings is 1. The van der Waals surface area contributed by atoms with Crippen LogP contribution in [0, 0.1) is 11.6 Å². The molecule has 1 saturated heterocycles. The van der Waals surface area contributed by atoms with Crippen molar-refractivity contribution in [2.24, 2.45) is 0 Å². The number of nitrogens with zero attached hydrogens (tertiary/aromatic N) is 7. The van der Waals surface area contributed by atoms with E-state index in [9.17, 15) is 8.78 Å². The Hall–Kier alpha value is -3.73. The molecule has 0 bridgehead atoms. The molecule has 1 aliphatic rings. The van der Waals surface area contributed by atoms with Gasteiger partial charge in [0.05, 0.1) is 17.8 Å². The van der Waals surface area contributed by atoms with Crippen molar-refractivity contribution in [3.05, 3.63) is 54.5 Å². The van der Waals surface area contributed by atoms with Gasteiger partial charge in [0.1, 0.15) is 11.5 Å². The maximum Gasteiger partial charge on any atom is 0.190 e. The molecule has 0 amide bonds. The highest BCUT2D eigenvalue weighted by molar-refractivity contribution is 5.76. The molecular formula is C20H19F2N9. The molecule has 3 N–H and O–H groups in total. The summed E-state index contributed by atoms with van der Waals surface area (Å²) in [6.07, 6.45) is 7.41. The Balaban J connectivity index is 1.53. The van der Waals surface area contributed by atoms with Crippen LogP contribution in [0.3, 0.4) is 0 Å². The van der Waals surface area contributed by atoms with Crippen molar-refractivity contribution >= 4 is 5.82 Å². The first-order valence-electron chi connectivity index (χ1n) is 9.85. The molecule has 3 aromatic heterocycles. The van der Waals surface area contributed by atoms with Gasteiger partial charge in [0.25, 0.3) is 0 Å². The fraction of sp³-hybridized carbons (Fsp3) is 0.250. The highest BCUT2D eigenvalue weighted by Gasteiger charge is 2.20. The molecular weight excluding hydrogens is 404 g/mol. The van der Waals surface area contributed by atoms with Crippen molar-refractivity contribution in [3.63, 3.8) is 0 Å². The van der Waals surface area contributed by atoms with Gasteiger partial charge in [-0.15, -0.1) is 5.10 Å². The Morgan fingerprint density at radius 2 is 1.94 bits per heavy atom. The predicted molar refractivity (Wildman–Crippen MR) is 109 cm³/mol. The largest absolute Gasteiger partial charge is 0.383 e. The second kappa shape index (κ2) is 7.84. The van der Waals surface area contributed by atoms with Crippen LogP contribution in [0.25, 0.3) is 28.2 Å². The van der Waals surface area contributed by atoms with Gasteiger partial charge in [-0.2, -0.15) is 9.78 Å². The fourth-order valence-corrected chi connectivity index (χ4v) is 3.74. The van der Waals surface area contributed by atoms with Gasteiger partial charge in [0.15, 0.2) is 17.5 Å². The number of hydrogen-bond donors (Lipinski definition) is 2. The zero-order valence-corrected chi connectivity index (χ0v) is 16.4. The number of rotatable bonds is 4. The van der Waals surface area contributed by atoms with Crippen LogP contribution in [-0.4, -0.2) is 48.1 Å². The van der Waals surface area contributed by atoms with E-state index in [1.165, 1.54) is 12.1 Å². The first-order valence-corrected chi connectivity index (χ1v) is 9.85. The average Bonchev–Trinajstić information content (AvgIpc) is 3.47. The molecule has 1 aromatic carbocycles. The van der Waals surface area contributed by atoms with Gasteiger partial charge in [-0.25, -0.2) is 13.8 Å². The van der Waals surface area contributed by atoms with E-state index in [4.69, 9.17) is 5.73 Å². The maximum atomic E-state index is 14.3. The lowest BCUT2D eigenvalue weighted by atomic mass is 10.1. The van der Waals surface area contributed by atoms with Crippen LogP contribution in [0.2, 0.25) is 0 Å². The predicted octanol–water partition coefficient (Wildman–Crippen LogP) is 2.37. The van der Waals surface area contributed by atoms with Crippen molar-refractivity contribution in [2.75, 3.05) is 18.8 Å². The summed E-state index contributed by atoms with van der Waals surface area (Å²) in [5.41, 5.74) is 7.99. The molecule has 0 saturated carbocycles. The molecule has 0 radical (unpaired) electrons. The lowest BCUT2D eigenvalue weighted by Crippen LogP contribution is -2.29. The van der Waals surface area contributed by atoms with Crippen LogP contribution in [0.5, 0.6) is 0 Å². The van der Waals surface area contributed by atoms with Gasteiger partial charge >= 0.3 is 0 Å². The first kappa shape index (κ1) is 19.2. The van der Waals surface area contributed by atoms with Crippen LogP contribution in [0.4, 0.5) is 14.6 Å². The van der Waals surface area contributed by atoms with Crippen molar-refractivity contribution < 1.29 is 8.78 Å². The van der Waals surface area contributed by atoms with Gasteiger partial charge in [0.2, 0.25) is 0 Å². The molecule has 0 spiro atoms. The number of hydrogen-bond acceptors (Lipinski definition) is 7. The van der Waals surface area contributed by atoms with E-state index in [-0.39, 0.29) is 17.3 Å². The topological polar surface area (TPSA) is 112 Å². The molecule has 0 unspecified atom stereocenters. The van der Waals surface area contributed by atoms with Crippen LogP contribution in [0.15, 0.2) is 42.9 Å². The third-order valence-electron chi connectivity index (χ3n) is 5.41. The number of nitrogens with one attached hydrogen (secondary N) is 1. The van der Waals surface area contributed by atoms with E-state index in [1.807, 2.05) is 10.9 Å². The van der Waals surface area contributed by atoms with Gasteiger partial charge in [-0.05, 0) is 54.6 Å². The summed E-state index contributed by atoms with van der Waals surface area (Å²) in [6, 6.07) is 5.91. The molecule has 11 heteroatoms. The highest BCUT2D eigenvalue weighted by Crippen LogP contribution is 2.30. The minimum absolute atomic E-state index is 0.122. The monoisotopic (exact) mass is 423 g/mol. The van der Waals surface area contributed by atoms with Gasteiger partial charge < -0.3 is 11.1 Å². The summed E-state index contributed by atoms with van der Waals surface area (Å²) < 4.78 is 31.1. The first-order chi connectivity index (χ1) is 15.1. The van der Waals surface area contributed by atoms with E-state index in [2.05, 4.69) is 30.9 Å². The summed E-state index contributed by atoms with van der Waals surface area (Å²) in [5.74, 6) is -1.73.